The molecule has 3 N–H and O–H groups in total. The lowest BCUT2D eigenvalue weighted by atomic mass is 10.0. The number of likely N-dealkylation sites (tertiary alicyclic amines) is 1. The smallest absolute Gasteiger partial charge is 0.318 e. The van der Waals surface area contributed by atoms with Crippen molar-refractivity contribution in [2.75, 3.05) is 19.6 Å². The van der Waals surface area contributed by atoms with Crippen molar-refractivity contribution in [3.8, 4) is 11.1 Å². The lowest BCUT2D eigenvalue weighted by Crippen LogP contribution is -2.58. The van der Waals surface area contributed by atoms with Crippen molar-refractivity contribution >= 4 is 39.5 Å². The van der Waals surface area contributed by atoms with Crippen molar-refractivity contribution < 1.29 is 32.4 Å². The van der Waals surface area contributed by atoms with Crippen molar-refractivity contribution in [3.63, 3.8) is 0 Å². The van der Waals surface area contributed by atoms with E-state index in [1.54, 1.807) is 4.90 Å². The lowest BCUT2D eigenvalue weighted by molar-refractivity contribution is -0.141. The van der Waals surface area contributed by atoms with Crippen LogP contribution in [0.2, 0.25) is 0 Å². The van der Waals surface area contributed by atoms with Gasteiger partial charge in [0.05, 0.1) is 11.8 Å². The molecule has 0 radical (unpaired) electrons. The summed E-state index contributed by atoms with van der Waals surface area (Å²) in [5.74, 6) is -2.14. The van der Waals surface area contributed by atoms with Crippen molar-refractivity contribution in [3.05, 3.63) is 71.8 Å². The molecule has 0 aromatic heterocycles. The summed E-state index contributed by atoms with van der Waals surface area (Å²) in [6.45, 7) is 1.28. The molecule has 6 aliphatic rings. The van der Waals surface area contributed by atoms with Crippen LogP contribution in [0.3, 0.4) is 0 Å². The van der Waals surface area contributed by atoms with Crippen molar-refractivity contribution in [1.82, 2.24) is 25.2 Å². The molecule has 14 heteroatoms. The largest absolute Gasteiger partial charge is 0.390 e. The van der Waals surface area contributed by atoms with Crippen LogP contribution in [0.15, 0.2) is 65.8 Å². The van der Waals surface area contributed by atoms with Crippen LogP contribution in [0.5, 0.6) is 0 Å². The Morgan fingerprint density at radius 3 is 2.25 bits per heavy atom. The van der Waals surface area contributed by atoms with Gasteiger partial charge in [-0.3, -0.25) is 19.1 Å². The summed E-state index contributed by atoms with van der Waals surface area (Å²) in [5.41, 5.74) is 3.10. The van der Waals surface area contributed by atoms with Gasteiger partial charge in [-0.25, -0.2) is 13.2 Å². The summed E-state index contributed by atoms with van der Waals surface area (Å²) in [6.07, 6.45) is 9.78. The van der Waals surface area contributed by atoms with Gasteiger partial charge in [-0.15, -0.1) is 0 Å². The predicted molar refractivity (Wildman–Crippen MR) is 197 cm³/mol. The monoisotopic (exact) mass is 742 g/mol. The number of oxime groups is 1. The van der Waals surface area contributed by atoms with Crippen LogP contribution in [-0.2, 0) is 29.2 Å². The number of nitrogens with one attached hydrogen (secondary N) is 3. The first kappa shape index (κ1) is 35.3. The van der Waals surface area contributed by atoms with Gasteiger partial charge in [0, 0.05) is 36.6 Å². The predicted octanol–water partition coefficient (Wildman–Crippen LogP) is 3.58. The maximum atomic E-state index is 14.5. The van der Waals surface area contributed by atoms with Crippen LogP contribution in [0.4, 0.5) is 4.79 Å². The quantitative estimate of drug-likeness (QED) is 0.257. The number of urea groups is 1. The SMILES string of the molecule is O=C1NC2(C(=O)NS(=O)(=O)C3CC3)CC2/C=C\CCCCC[C@H](NC(=O)N2CCCC2)C(=O)N2C[C@H](ON=C3c4ccccc4-c4ccccc43)C[C@@H]12. The summed E-state index contributed by atoms with van der Waals surface area (Å²) in [7, 11) is -3.87. The number of carbonyl (C=O) groups is 4. The standard InChI is InChI=1S/C39H46N6O7S/c46-35-33-22-26(52-42-34-30-15-8-6-13-28(30)29-14-7-9-16-31(29)34)24-45(33)36(47)32(40-38(49)44-20-10-11-21-44)17-5-3-1-2-4-12-25-23-39(25,41-35)37(48)43-53(50,51)27-18-19-27/h4,6-9,12-16,25-27,32-33H,1-3,5,10-11,17-24H2,(H,40,49)(H,41,46)(H,43,48)/b12-4-/t25?,26-,32+,33+,39?/m1/s1. The highest BCUT2D eigenvalue weighted by Gasteiger charge is 2.62. The average molecular weight is 743 g/mol. The Labute approximate surface area is 309 Å². The third-order valence-electron chi connectivity index (χ3n) is 11.5. The van der Waals surface area contributed by atoms with E-state index in [-0.39, 0.29) is 25.4 Å². The zero-order valence-corrected chi connectivity index (χ0v) is 30.5. The molecule has 3 aliphatic carbocycles. The highest BCUT2D eigenvalue weighted by Crippen LogP contribution is 2.46. The van der Waals surface area contributed by atoms with Crippen molar-refractivity contribution in [2.24, 2.45) is 11.1 Å². The van der Waals surface area contributed by atoms with Crippen LogP contribution >= 0.6 is 0 Å². The molecule has 2 aromatic carbocycles. The maximum Gasteiger partial charge on any atom is 0.318 e. The van der Waals surface area contributed by atoms with Crippen LogP contribution in [0, 0.1) is 5.92 Å². The number of carbonyl (C=O) groups excluding carboxylic acids is 4. The van der Waals surface area contributed by atoms with Gasteiger partial charge < -0.3 is 25.3 Å². The van der Waals surface area contributed by atoms with Crippen molar-refractivity contribution in [1.29, 1.82) is 0 Å². The topological polar surface area (TPSA) is 167 Å². The second-order valence-corrected chi connectivity index (χ2v) is 17.2. The van der Waals surface area contributed by atoms with Crippen molar-refractivity contribution in [2.45, 2.75) is 99.6 Å². The Hall–Kier alpha value is -4.72. The average Bonchev–Trinajstić information content (AvgIpc) is 3.96. The van der Waals surface area contributed by atoms with E-state index in [4.69, 9.17) is 4.84 Å². The molecule has 3 aliphatic heterocycles. The number of fused-ring (bicyclic) bond motifs is 5. The third kappa shape index (κ3) is 7.05. The van der Waals surface area contributed by atoms with E-state index in [0.29, 0.717) is 44.5 Å². The minimum absolute atomic E-state index is 0.0334. The first-order valence-corrected chi connectivity index (χ1v) is 20.5. The molecule has 280 valence electrons. The van der Waals surface area contributed by atoms with E-state index >= 15 is 0 Å². The van der Waals surface area contributed by atoms with Crippen LogP contribution in [0.1, 0.15) is 81.8 Å². The number of amides is 5. The summed E-state index contributed by atoms with van der Waals surface area (Å²) < 4.78 is 27.9. The number of allylic oxidation sites excluding steroid dienone is 1. The fraction of sp³-hybridized carbons (Fsp3) is 0.513. The van der Waals surface area contributed by atoms with Gasteiger partial charge in [-0.05, 0) is 62.5 Å². The van der Waals surface area contributed by atoms with Gasteiger partial charge in [0.25, 0.3) is 5.91 Å². The number of sulfonamides is 1. The first-order chi connectivity index (χ1) is 25.6. The zero-order chi connectivity index (χ0) is 36.7. The Balaban J connectivity index is 1.09. The molecular formula is C39H46N6O7S. The summed E-state index contributed by atoms with van der Waals surface area (Å²) in [6, 6.07) is 13.6. The second-order valence-electron chi connectivity index (χ2n) is 15.2. The van der Waals surface area contributed by atoms with Gasteiger partial charge in [0.15, 0.2) is 0 Å². The fourth-order valence-electron chi connectivity index (χ4n) is 8.22. The van der Waals surface area contributed by atoms with Crippen LogP contribution < -0.4 is 15.4 Å². The number of benzene rings is 2. The molecule has 5 amide bonds. The molecule has 5 atom stereocenters. The normalized spacial score (nSPS) is 29.0. The Morgan fingerprint density at radius 2 is 1.57 bits per heavy atom. The molecule has 13 nitrogen and oxygen atoms in total. The summed E-state index contributed by atoms with van der Waals surface area (Å²) in [5, 5.41) is 9.90. The minimum atomic E-state index is -3.87. The molecular weight excluding hydrogens is 697 g/mol. The highest BCUT2D eigenvalue weighted by atomic mass is 32.2. The highest BCUT2D eigenvalue weighted by molar-refractivity contribution is 7.91. The molecule has 4 fully saturated rings. The van der Waals surface area contributed by atoms with Gasteiger partial charge in [0.2, 0.25) is 21.8 Å². The Bertz CT molecular complexity index is 1930. The fourth-order valence-corrected chi connectivity index (χ4v) is 9.58. The molecule has 2 unspecified atom stereocenters. The third-order valence-corrected chi connectivity index (χ3v) is 13.3. The van der Waals surface area contributed by atoms with Crippen LogP contribution in [-0.4, -0.2) is 96.3 Å². The Morgan fingerprint density at radius 1 is 0.887 bits per heavy atom. The molecule has 53 heavy (non-hydrogen) atoms. The minimum Gasteiger partial charge on any atom is -0.390 e. The molecule has 2 aromatic rings. The number of hydrogen-bond acceptors (Lipinski definition) is 8. The Kier molecular flexibility index (Phi) is 9.50. The van der Waals surface area contributed by atoms with Gasteiger partial charge >= 0.3 is 6.03 Å². The number of hydrogen-bond donors (Lipinski definition) is 3. The molecule has 8 rings (SSSR count). The number of rotatable bonds is 6. The van der Waals surface area contributed by atoms with E-state index in [2.05, 4.69) is 20.5 Å². The molecule has 2 saturated heterocycles. The van der Waals surface area contributed by atoms with E-state index < -0.39 is 62.6 Å². The zero-order valence-electron chi connectivity index (χ0n) is 29.7. The molecule has 2 saturated carbocycles. The van der Waals surface area contributed by atoms with Crippen LogP contribution in [0.25, 0.3) is 11.1 Å². The van der Waals surface area contributed by atoms with Gasteiger partial charge in [-0.1, -0.05) is 78.7 Å². The molecule has 3 heterocycles. The number of nitrogens with zero attached hydrogens (tertiary/aromatic N) is 3. The van der Waals surface area contributed by atoms with E-state index in [0.717, 1.165) is 54.4 Å². The summed E-state index contributed by atoms with van der Waals surface area (Å²) >= 11 is 0. The second kappa shape index (κ2) is 14.3. The maximum absolute atomic E-state index is 14.5. The van der Waals surface area contributed by atoms with Gasteiger partial charge in [0.1, 0.15) is 29.4 Å². The van der Waals surface area contributed by atoms with Gasteiger partial charge in [-0.2, -0.15) is 0 Å². The lowest BCUT2D eigenvalue weighted by Gasteiger charge is -2.30. The molecule has 0 spiro atoms. The van der Waals surface area contributed by atoms with E-state index in [1.807, 2.05) is 60.7 Å². The van der Waals surface area contributed by atoms with E-state index in [9.17, 15) is 27.6 Å². The first-order valence-electron chi connectivity index (χ1n) is 19.0. The van der Waals surface area contributed by atoms with E-state index in [1.165, 1.54) is 4.90 Å². The molecule has 0 bridgehead atoms. The summed E-state index contributed by atoms with van der Waals surface area (Å²) in [4.78, 5) is 65.3.